The Morgan fingerprint density at radius 2 is 2.00 bits per heavy atom. The number of carboxylic acids is 1. The summed E-state index contributed by atoms with van der Waals surface area (Å²) < 4.78 is 0. The predicted octanol–water partition coefficient (Wildman–Crippen LogP) is 3.04. The summed E-state index contributed by atoms with van der Waals surface area (Å²) in [4.78, 5) is 13.4. The monoisotopic (exact) mass is 245 g/mol. The number of hydrogen-bond acceptors (Lipinski definition) is 2. The molecule has 1 aliphatic heterocycles. The highest BCUT2D eigenvalue weighted by Gasteiger charge is 2.42. The van der Waals surface area contributed by atoms with Crippen LogP contribution in [-0.2, 0) is 5.41 Å². The van der Waals surface area contributed by atoms with Crippen LogP contribution in [0, 0.1) is 0 Å². The van der Waals surface area contributed by atoms with Crippen molar-refractivity contribution in [3.05, 3.63) is 29.3 Å². The molecule has 1 aliphatic carbocycles. The van der Waals surface area contributed by atoms with Crippen LogP contribution in [0.3, 0.4) is 0 Å². The molecular formula is C15H19NO2. The van der Waals surface area contributed by atoms with Crippen molar-refractivity contribution in [2.45, 2.75) is 37.5 Å². The highest BCUT2D eigenvalue weighted by Crippen LogP contribution is 2.48. The van der Waals surface area contributed by atoms with Crippen molar-refractivity contribution in [2.75, 3.05) is 18.5 Å². The van der Waals surface area contributed by atoms with Gasteiger partial charge in [0.05, 0.1) is 5.56 Å². The first kappa shape index (κ1) is 11.6. The number of carboxylic acid groups (broad SMARTS) is 1. The molecule has 0 unspecified atom stereocenters. The number of hydrogen-bond donors (Lipinski definition) is 1. The zero-order valence-electron chi connectivity index (χ0n) is 10.8. The van der Waals surface area contributed by atoms with Gasteiger partial charge in [0.2, 0.25) is 0 Å². The van der Waals surface area contributed by atoms with Gasteiger partial charge in [-0.1, -0.05) is 19.3 Å². The van der Waals surface area contributed by atoms with Gasteiger partial charge in [0.15, 0.2) is 0 Å². The number of anilines is 1. The molecule has 96 valence electrons. The Morgan fingerprint density at radius 1 is 1.28 bits per heavy atom. The molecule has 1 aromatic rings. The second-order valence-electron chi connectivity index (χ2n) is 5.73. The summed E-state index contributed by atoms with van der Waals surface area (Å²) in [7, 11) is 2.11. The van der Waals surface area contributed by atoms with Crippen LogP contribution in [0.15, 0.2) is 18.2 Å². The number of benzene rings is 1. The van der Waals surface area contributed by atoms with E-state index in [4.69, 9.17) is 5.11 Å². The van der Waals surface area contributed by atoms with Crippen molar-refractivity contribution < 1.29 is 9.90 Å². The third-order valence-electron chi connectivity index (χ3n) is 4.58. The summed E-state index contributed by atoms with van der Waals surface area (Å²) in [5.41, 5.74) is 3.13. The topological polar surface area (TPSA) is 40.5 Å². The molecule has 2 aliphatic rings. The Balaban J connectivity index is 2.09. The molecule has 0 atom stereocenters. The van der Waals surface area contributed by atoms with E-state index in [2.05, 4.69) is 11.9 Å². The van der Waals surface area contributed by atoms with Crippen LogP contribution in [0.25, 0.3) is 0 Å². The molecule has 1 fully saturated rings. The number of carbonyl (C=O) groups is 1. The zero-order chi connectivity index (χ0) is 12.8. The highest BCUT2D eigenvalue weighted by molar-refractivity contribution is 5.89. The first-order chi connectivity index (χ1) is 8.62. The fourth-order valence-corrected chi connectivity index (χ4v) is 3.71. The standard InChI is InChI=1S/C15H19NO2/c1-16-10-15(7-3-2-4-8-15)12-9-11(14(17)18)5-6-13(12)16/h5-6,9H,2-4,7-8,10H2,1H3,(H,17,18). The number of aromatic carboxylic acids is 1. The normalized spacial score (nSPS) is 21.1. The van der Waals surface area contributed by atoms with Gasteiger partial charge in [-0.05, 0) is 36.6 Å². The summed E-state index contributed by atoms with van der Waals surface area (Å²) >= 11 is 0. The molecular weight excluding hydrogens is 226 g/mol. The molecule has 1 N–H and O–H groups in total. The number of fused-ring (bicyclic) bond motifs is 2. The third-order valence-corrected chi connectivity index (χ3v) is 4.58. The Bertz CT molecular complexity index is 489. The van der Waals surface area contributed by atoms with E-state index < -0.39 is 5.97 Å². The van der Waals surface area contributed by atoms with Gasteiger partial charge in [-0.3, -0.25) is 0 Å². The van der Waals surface area contributed by atoms with E-state index in [0.717, 1.165) is 6.54 Å². The molecule has 0 aromatic heterocycles. The fourth-order valence-electron chi connectivity index (χ4n) is 3.71. The Morgan fingerprint density at radius 3 is 2.67 bits per heavy atom. The van der Waals surface area contributed by atoms with Gasteiger partial charge >= 0.3 is 5.97 Å². The molecule has 1 saturated carbocycles. The van der Waals surface area contributed by atoms with Crippen molar-refractivity contribution in [3.63, 3.8) is 0 Å². The number of likely N-dealkylation sites (N-methyl/N-ethyl adjacent to an activating group) is 1. The van der Waals surface area contributed by atoms with E-state index in [1.807, 2.05) is 12.1 Å². The molecule has 0 radical (unpaired) electrons. The maximum Gasteiger partial charge on any atom is 0.335 e. The lowest BCUT2D eigenvalue weighted by atomic mass is 9.70. The lowest BCUT2D eigenvalue weighted by molar-refractivity contribution is 0.0696. The molecule has 3 rings (SSSR count). The molecule has 3 heteroatoms. The summed E-state index contributed by atoms with van der Waals surface area (Å²) in [5.74, 6) is -0.821. The summed E-state index contributed by atoms with van der Waals surface area (Å²) in [6.07, 6.45) is 6.26. The lowest BCUT2D eigenvalue weighted by Crippen LogP contribution is -2.33. The second kappa shape index (κ2) is 4.01. The largest absolute Gasteiger partial charge is 0.478 e. The van der Waals surface area contributed by atoms with Crippen molar-refractivity contribution >= 4 is 11.7 Å². The van der Waals surface area contributed by atoms with Gasteiger partial charge in [0, 0.05) is 24.7 Å². The minimum atomic E-state index is -0.821. The molecule has 0 saturated heterocycles. The molecule has 1 spiro atoms. The molecule has 0 amide bonds. The summed E-state index contributed by atoms with van der Waals surface area (Å²) in [6.45, 7) is 1.05. The van der Waals surface area contributed by atoms with E-state index in [1.165, 1.54) is 43.4 Å². The van der Waals surface area contributed by atoms with E-state index in [0.29, 0.717) is 5.56 Å². The van der Waals surface area contributed by atoms with Gasteiger partial charge < -0.3 is 10.0 Å². The van der Waals surface area contributed by atoms with Crippen molar-refractivity contribution in [3.8, 4) is 0 Å². The third kappa shape index (κ3) is 1.61. The molecule has 0 bridgehead atoms. The van der Waals surface area contributed by atoms with E-state index in [1.54, 1.807) is 6.07 Å². The van der Waals surface area contributed by atoms with Crippen molar-refractivity contribution in [2.24, 2.45) is 0 Å². The van der Waals surface area contributed by atoms with Crippen LogP contribution < -0.4 is 4.90 Å². The van der Waals surface area contributed by atoms with Gasteiger partial charge in [-0.25, -0.2) is 4.79 Å². The maximum absolute atomic E-state index is 11.1. The van der Waals surface area contributed by atoms with Gasteiger partial charge in [-0.15, -0.1) is 0 Å². The summed E-state index contributed by atoms with van der Waals surface area (Å²) in [6, 6.07) is 5.61. The van der Waals surface area contributed by atoms with Crippen LogP contribution in [-0.4, -0.2) is 24.7 Å². The Hall–Kier alpha value is -1.51. The average molecular weight is 245 g/mol. The maximum atomic E-state index is 11.1. The highest BCUT2D eigenvalue weighted by atomic mass is 16.4. The van der Waals surface area contributed by atoms with Crippen molar-refractivity contribution in [1.29, 1.82) is 0 Å². The van der Waals surface area contributed by atoms with Crippen LogP contribution >= 0.6 is 0 Å². The van der Waals surface area contributed by atoms with Gasteiger partial charge in [-0.2, -0.15) is 0 Å². The smallest absolute Gasteiger partial charge is 0.335 e. The molecule has 1 aromatic carbocycles. The first-order valence-corrected chi connectivity index (χ1v) is 6.71. The van der Waals surface area contributed by atoms with Crippen LogP contribution in [0.5, 0.6) is 0 Å². The minimum Gasteiger partial charge on any atom is -0.478 e. The van der Waals surface area contributed by atoms with Crippen molar-refractivity contribution in [1.82, 2.24) is 0 Å². The van der Waals surface area contributed by atoms with Gasteiger partial charge in [0.1, 0.15) is 0 Å². The van der Waals surface area contributed by atoms with E-state index in [-0.39, 0.29) is 5.41 Å². The lowest BCUT2D eigenvalue weighted by Gasteiger charge is -2.34. The van der Waals surface area contributed by atoms with Gasteiger partial charge in [0.25, 0.3) is 0 Å². The summed E-state index contributed by atoms with van der Waals surface area (Å²) in [5, 5.41) is 9.16. The SMILES string of the molecule is CN1CC2(CCCCC2)c2cc(C(=O)O)ccc21. The van der Waals surface area contributed by atoms with E-state index >= 15 is 0 Å². The Kier molecular flexibility index (Phi) is 2.58. The zero-order valence-corrected chi connectivity index (χ0v) is 10.8. The Labute approximate surface area is 107 Å². The van der Waals surface area contributed by atoms with Crippen LogP contribution in [0.1, 0.15) is 48.0 Å². The predicted molar refractivity (Wildman–Crippen MR) is 71.4 cm³/mol. The number of nitrogens with zero attached hydrogens (tertiary/aromatic N) is 1. The minimum absolute atomic E-state index is 0.216. The average Bonchev–Trinajstić information content (AvgIpc) is 2.63. The quantitative estimate of drug-likeness (QED) is 0.826. The molecule has 3 nitrogen and oxygen atoms in total. The molecule has 18 heavy (non-hydrogen) atoms. The molecule has 1 heterocycles. The number of rotatable bonds is 1. The fraction of sp³-hybridized carbons (Fsp3) is 0.533. The van der Waals surface area contributed by atoms with E-state index in [9.17, 15) is 4.79 Å². The van der Waals surface area contributed by atoms with Crippen LogP contribution in [0.2, 0.25) is 0 Å². The first-order valence-electron chi connectivity index (χ1n) is 6.71. The van der Waals surface area contributed by atoms with Crippen LogP contribution in [0.4, 0.5) is 5.69 Å². The second-order valence-corrected chi connectivity index (χ2v) is 5.73.